The van der Waals surface area contributed by atoms with E-state index in [1.165, 1.54) is 6.42 Å². The first-order chi connectivity index (χ1) is 6.14. The molecule has 0 fully saturated rings. The molecule has 1 atom stereocenters. The van der Waals surface area contributed by atoms with Crippen molar-refractivity contribution >= 4 is 0 Å². The maximum atomic E-state index is 5.56. The minimum atomic E-state index is 0.356. The summed E-state index contributed by atoms with van der Waals surface area (Å²) in [5.41, 5.74) is 3.70. The van der Waals surface area contributed by atoms with Crippen molar-refractivity contribution in [3.63, 3.8) is 0 Å². The predicted octanol–water partition coefficient (Wildman–Crippen LogP) is 3.08. The van der Waals surface area contributed by atoms with Gasteiger partial charge in [0.05, 0.1) is 0 Å². The first kappa shape index (κ1) is 13.9. The summed E-state index contributed by atoms with van der Waals surface area (Å²) < 4.78 is 0. The summed E-state index contributed by atoms with van der Waals surface area (Å²) in [6.45, 7) is 13.6. The zero-order chi connectivity index (χ0) is 11.4. The Kier molecular flexibility index (Phi) is 5.10. The number of nitrogens with one attached hydrogen (secondary N) is 1. The summed E-state index contributed by atoms with van der Waals surface area (Å²) in [5, 5.41) is 0. The maximum absolute atomic E-state index is 5.56. The van der Waals surface area contributed by atoms with Gasteiger partial charge in [0.25, 0.3) is 0 Å². The molecule has 2 nitrogen and oxygen atoms in total. The van der Waals surface area contributed by atoms with E-state index >= 15 is 0 Å². The summed E-state index contributed by atoms with van der Waals surface area (Å²) in [7, 11) is 0. The third-order valence-electron chi connectivity index (χ3n) is 2.34. The highest BCUT2D eigenvalue weighted by Crippen LogP contribution is 2.26. The Balaban J connectivity index is 3.93. The molecule has 0 aliphatic carbocycles. The molecular weight excluding hydrogens is 172 g/mol. The molecule has 0 rings (SSSR count). The van der Waals surface area contributed by atoms with Crippen LogP contribution in [0.3, 0.4) is 0 Å². The van der Waals surface area contributed by atoms with Crippen LogP contribution < -0.4 is 11.3 Å². The van der Waals surface area contributed by atoms with Crippen molar-refractivity contribution in [3.8, 4) is 0 Å². The molecule has 86 valence electrons. The van der Waals surface area contributed by atoms with Gasteiger partial charge in [-0.15, -0.1) is 0 Å². The van der Waals surface area contributed by atoms with Crippen molar-refractivity contribution in [1.29, 1.82) is 0 Å². The van der Waals surface area contributed by atoms with Crippen molar-refractivity contribution in [3.05, 3.63) is 0 Å². The summed E-state index contributed by atoms with van der Waals surface area (Å²) in [6, 6.07) is 0.453. The van der Waals surface area contributed by atoms with Crippen LogP contribution in [0.25, 0.3) is 0 Å². The van der Waals surface area contributed by atoms with E-state index < -0.39 is 0 Å². The average molecular weight is 200 g/mol. The van der Waals surface area contributed by atoms with Crippen molar-refractivity contribution in [1.82, 2.24) is 5.43 Å². The van der Waals surface area contributed by atoms with Crippen molar-refractivity contribution in [2.24, 2.45) is 16.7 Å². The fourth-order valence-electron chi connectivity index (χ4n) is 1.59. The van der Waals surface area contributed by atoms with Crippen LogP contribution in [-0.2, 0) is 0 Å². The van der Waals surface area contributed by atoms with Gasteiger partial charge >= 0.3 is 0 Å². The van der Waals surface area contributed by atoms with Crippen LogP contribution >= 0.6 is 0 Å². The Hall–Kier alpha value is -0.0800. The molecule has 0 saturated heterocycles. The monoisotopic (exact) mass is 200 g/mol. The third-order valence-corrected chi connectivity index (χ3v) is 2.34. The molecule has 1 unspecified atom stereocenters. The fourth-order valence-corrected chi connectivity index (χ4v) is 1.59. The summed E-state index contributed by atoms with van der Waals surface area (Å²) in [5.74, 6) is 5.56. The van der Waals surface area contributed by atoms with Gasteiger partial charge in [-0.2, -0.15) is 0 Å². The minimum Gasteiger partial charge on any atom is -0.271 e. The normalized spacial score (nSPS) is 15.6. The van der Waals surface area contributed by atoms with Crippen LogP contribution in [0.15, 0.2) is 0 Å². The van der Waals surface area contributed by atoms with Crippen LogP contribution in [-0.4, -0.2) is 6.04 Å². The van der Waals surface area contributed by atoms with Gasteiger partial charge in [0.2, 0.25) is 0 Å². The highest BCUT2D eigenvalue weighted by atomic mass is 15.2. The van der Waals surface area contributed by atoms with Gasteiger partial charge in [0.1, 0.15) is 0 Å². The molecule has 0 aromatic rings. The smallest absolute Gasteiger partial charge is 0.0215 e. The highest BCUT2D eigenvalue weighted by Gasteiger charge is 2.19. The molecule has 3 N–H and O–H groups in total. The van der Waals surface area contributed by atoms with Crippen molar-refractivity contribution < 1.29 is 0 Å². The molecular formula is C12H28N2. The maximum Gasteiger partial charge on any atom is 0.0215 e. The largest absolute Gasteiger partial charge is 0.271 e. The quantitative estimate of drug-likeness (QED) is 0.540. The molecule has 0 aromatic heterocycles. The number of hydrazine groups is 1. The Bertz CT molecular complexity index is 151. The number of hydrogen-bond acceptors (Lipinski definition) is 2. The third kappa shape index (κ3) is 8.52. The van der Waals surface area contributed by atoms with E-state index in [1.807, 2.05) is 0 Å². The van der Waals surface area contributed by atoms with Gasteiger partial charge in [0, 0.05) is 6.04 Å². The molecule has 0 aliphatic rings. The molecule has 0 spiro atoms. The molecule has 14 heavy (non-hydrogen) atoms. The second-order valence-electron chi connectivity index (χ2n) is 6.73. The molecule has 0 aromatic carbocycles. The molecule has 0 aliphatic heterocycles. The van der Waals surface area contributed by atoms with Gasteiger partial charge < -0.3 is 0 Å². The molecule has 2 heteroatoms. The SMILES string of the molecule is CC(C)(C)CCC(CC(C)(C)C)NN. The first-order valence-corrected chi connectivity index (χ1v) is 5.60. The number of hydrogen-bond donors (Lipinski definition) is 2. The molecule has 0 bridgehead atoms. The van der Waals surface area contributed by atoms with E-state index in [-0.39, 0.29) is 0 Å². The lowest BCUT2D eigenvalue weighted by Gasteiger charge is -2.28. The van der Waals surface area contributed by atoms with Gasteiger partial charge in [-0.1, -0.05) is 41.5 Å². The predicted molar refractivity (Wildman–Crippen MR) is 63.9 cm³/mol. The van der Waals surface area contributed by atoms with Crippen LogP contribution in [0.5, 0.6) is 0 Å². The van der Waals surface area contributed by atoms with Crippen LogP contribution in [0, 0.1) is 10.8 Å². The van der Waals surface area contributed by atoms with Crippen LogP contribution in [0.2, 0.25) is 0 Å². The van der Waals surface area contributed by atoms with E-state index in [4.69, 9.17) is 5.84 Å². The highest BCUT2D eigenvalue weighted by molar-refractivity contribution is 4.75. The summed E-state index contributed by atoms with van der Waals surface area (Å²) in [6.07, 6.45) is 3.52. The lowest BCUT2D eigenvalue weighted by atomic mass is 9.83. The Morgan fingerprint density at radius 1 is 1.00 bits per heavy atom. The fraction of sp³-hybridized carbons (Fsp3) is 1.00. The van der Waals surface area contributed by atoms with E-state index in [0.717, 1.165) is 12.8 Å². The lowest BCUT2D eigenvalue weighted by molar-refractivity contribution is 0.266. The van der Waals surface area contributed by atoms with Gasteiger partial charge in [0.15, 0.2) is 0 Å². The Morgan fingerprint density at radius 2 is 1.50 bits per heavy atom. The van der Waals surface area contributed by atoms with Gasteiger partial charge in [-0.05, 0) is 30.1 Å². The Morgan fingerprint density at radius 3 is 1.79 bits per heavy atom. The molecule has 0 radical (unpaired) electrons. The van der Waals surface area contributed by atoms with Gasteiger partial charge in [-0.25, -0.2) is 0 Å². The topological polar surface area (TPSA) is 38.0 Å². The standard InChI is InChI=1S/C12H28N2/c1-11(2,3)8-7-10(14-13)9-12(4,5)6/h10,14H,7-9,13H2,1-6H3. The van der Waals surface area contributed by atoms with E-state index in [2.05, 4.69) is 47.0 Å². The van der Waals surface area contributed by atoms with E-state index in [9.17, 15) is 0 Å². The second-order valence-corrected chi connectivity index (χ2v) is 6.73. The number of rotatable bonds is 4. The minimum absolute atomic E-state index is 0.356. The number of nitrogens with two attached hydrogens (primary N) is 1. The van der Waals surface area contributed by atoms with Crippen LogP contribution in [0.4, 0.5) is 0 Å². The zero-order valence-corrected chi connectivity index (χ0v) is 10.8. The van der Waals surface area contributed by atoms with E-state index in [1.54, 1.807) is 0 Å². The Labute approximate surface area is 89.6 Å². The average Bonchev–Trinajstić information content (AvgIpc) is 1.94. The van der Waals surface area contributed by atoms with E-state index in [0.29, 0.717) is 16.9 Å². The molecule has 0 saturated carbocycles. The van der Waals surface area contributed by atoms with Crippen molar-refractivity contribution in [2.75, 3.05) is 0 Å². The summed E-state index contributed by atoms with van der Waals surface area (Å²) in [4.78, 5) is 0. The lowest BCUT2D eigenvalue weighted by Crippen LogP contribution is -2.38. The summed E-state index contributed by atoms with van der Waals surface area (Å²) >= 11 is 0. The molecule has 0 heterocycles. The van der Waals surface area contributed by atoms with Crippen LogP contribution in [0.1, 0.15) is 60.8 Å². The molecule has 0 amide bonds. The first-order valence-electron chi connectivity index (χ1n) is 5.60. The second kappa shape index (κ2) is 5.13. The zero-order valence-electron chi connectivity index (χ0n) is 10.8. The van der Waals surface area contributed by atoms with Gasteiger partial charge in [-0.3, -0.25) is 11.3 Å². The van der Waals surface area contributed by atoms with Crippen molar-refractivity contribution in [2.45, 2.75) is 66.8 Å².